The van der Waals surface area contributed by atoms with Crippen molar-refractivity contribution in [1.82, 2.24) is 24.9 Å². The lowest BCUT2D eigenvalue weighted by atomic mass is 9.93. The number of H-pyrrole nitrogens is 1. The molecule has 0 spiro atoms. The molecule has 1 N–H and O–H groups in total. The van der Waals surface area contributed by atoms with Gasteiger partial charge in [-0.15, -0.1) is 0 Å². The standard InChI is InChI=1S/C15H18F3N5O/c16-15(17,18)13-4-7-23(21-13)10-14(24)22-6-1-2-11(9-22)8-12-3-5-19-20-12/h3-5,7,11H,1-2,6,8-10H2,(H,19,20)/t11-/m1/s1. The number of halogens is 3. The van der Waals surface area contributed by atoms with Crippen LogP contribution in [0.25, 0.3) is 0 Å². The van der Waals surface area contributed by atoms with Crippen LogP contribution in [0.3, 0.4) is 0 Å². The second-order valence-corrected chi connectivity index (χ2v) is 6.03. The van der Waals surface area contributed by atoms with Gasteiger partial charge in [-0.2, -0.15) is 23.4 Å². The molecule has 130 valence electrons. The molecule has 1 amide bonds. The van der Waals surface area contributed by atoms with E-state index >= 15 is 0 Å². The molecule has 24 heavy (non-hydrogen) atoms. The zero-order valence-electron chi connectivity index (χ0n) is 13.0. The number of amides is 1. The van der Waals surface area contributed by atoms with E-state index in [1.54, 1.807) is 11.1 Å². The minimum atomic E-state index is -4.49. The van der Waals surface area contributed by atoms with Crippen molar-refractivity contribution in [3.05, 3.63) is 35.9 Å². The first-order valence-electron chi connectivity index (χ1n) is 7.78. The van der Waals surface area contributed by atoms with Gasteiger partial charge >= 0.3 is 6.18 Å². The Morgan fingerprint density at radius 3 is 2.88 bits per heavy atom. The van der Waals surface area contributed by atoms with Crippen molar-refractivity contribution in [2.24, 2.45) is 5.92 Å². The van der Waals surface area contributed by atoms with Gasteiger partial charge in [-0.1, -0.05) is 0 Å². The van der Waals surface area contributed by atoms with Crippen LogP contribution in [0.1, 0.15) is 24.2 Å². The number of hydrogen-bond acceptors (Lipinski definition) is 3. The summed E-state index contributed by atoms with van der Waals surface area (Å²) in [5.41, 5.74) is 0.0438. The van der Waals surface area contributed by atoms with Gasteiger partial charge < -0.3 is 4.90 Å². The highest BCUT2D eigenvalue weighted by atomic mass is 19.4. The fourth-order valence-electron chi connectivity index (χ4n) is 3.01. The molecule has 2 aromatic heterocycles. The first-order valence-corrected chi connectivity index (χ1v) is 7.78. The van der Waals surface area contributed by atoms with Gasteiger partial charge in [0, 0.05) is 31.2 Å². The molecule has 0 radical (unpaired) electrons. The summed E-state index contributed by atoms with van der Waals surface area (Å²) in [4.78, 5) is 14.0. The molecular weight excluding hydrogens is 323 g/mol. The largest absolute Gasteiger partial charge is 0.435 e. The minimum absolute atomic E-state index is 0.174. The van der Waals surface area contributed by atoms with E-state index in [2.05, 4.69) is 15.3 Å². The molecule has 0 bridgehead atoms. The van der Waals surface area contributed by atoms with Crippen LogP contribution >= 0.6 is 0 Å². The predicted octanol–water partition coefficient (Wildman–Crippen LogP) is 2.11. The number of aromatic nitrogens is 4. The maximum atomic E-state index is 12.5. The summed E-state index contributed by atoms with van der Waals surface area (Å²) in [5, 5.41) is 10.2. The molecule has 3 rings (SSSR count). The number of carbonyl (C=O) groups is 1. The number of carbonyl (C=O) groups excluding carboxylic acids is 1. The molecule has 1 fully saturated rings. The lowest BCUT2D eigenvalue weighted by Crippen LogP contribution is -2.42. The Balaban J connectivity index is 1.57. The van der Waals surface area contributed by atoms with Crippen LogP contribution in [-0.4, -0.2) is 43.9 Å². The third-order valence-electron chi connectivity index (χ3n) is 4.17. The molecule has 0 aromatic carbocycles. The highest BCUT2D eigenvalue weighted by Gasteiger charge is 2.34. The highest BCUT2D eigenvalue weighted by Crippen LogP contribution is 2.27. The second kappa shape index (κ2) is 6.66. The summed E-state index contributed by atoms with van der Waals surface area (Å²) in [7, 11) is 0. The third kappa shape index (κ3) is 3.95. The van der Waals surface area contributed by atoms with Crippen LogP contribution < -0.4 is 0 Å². The molecule has 9 heteroatoms. The van der Waals surface area contributed by atoms with Crippen molar-refractivity contribution in [1.29, 1.82) is 0 Å². The van der Waals surface area contributed by atoms with E-state index in [1.165, 1.54) is 6.20 Å². The fourth-order valence-corrected chi connectivity index (χ4v) is 3.01. The molecule has 0 saturated carbocycles. The summed E-state index contributed by atoms with van der Waals surface area (Å²) in [6.45, 7) is 1.06. The van der Waals surface area contributed by atoms with E-state index in [9.17, 15) is 18.0 Å². The third-order valence-corrected chi connectivity index (χ3v) is 4.17. The average molecular weight is 341 g/mol. The van der Waals surface area contributed by atoms with Gasteiger partial charge in [0.2, 0.25) is 5.91 Å². The van der Waals surface area contributed by atoms with Crippen LogP contribution in [0, 0.1) is 5.92 Å². The molecule has 1 aliphatic heterocycles. The normalized spacial score (nSPS) is 18.8. The smallest absolute Gasteiger partial charge is 0.341 e. The number of aromatic amines is 1. The maximum Gasteiger partial charge on any atom is 0.435 e. The first-order chi connectivity index (χ1) is 11.4. The topological polar surface area (TPSA) is 66.8 Å². The number of piperidine rings is 1. The second-order valence-electron chi connectivity index (χ2n) is 6.03. The number of hydrogen-bond donors (Lipinski definition) is 1. The zero-order valence-corrected chi connectivity index (χ0v) is 13.0. The molecule has 0 aliphatic carbocycles. The Morgan fingerprint density at radius 2 is 2.21 bits per heavy atom. The van der Waals surface area contributed by atoms with Gasteiger partial charge in [-0.25, -0.2) is 0 Å². The van der Waals surface area contributed by atoms with Crippen molar-refractivity contribution < 1.29 is 18.0 Å². The van der Waals surface area contributed by atoms with Crippen LogP contribution in [0.15, 0.2) is 24.5 Å². The van der Waals surface area contributed by atoms with Gasteiger partial charge in [0.25, 0.3) is 0 Å². The van der Waals surface area contributed by atoms with Crippen molar-refractivity contribution in [3.63, 3.8) is 0 Å². The molecule has 2 aromatic rings. The van der Waals surface area contributed by atoms with Crippen molar-refractivity contribution in [2.45, 2.75) is 32.0 Å². The van der Waals surface area contributed by atoms with Crippen LogP contribution in [0.5, 0.6) is 0 Å². The molecule has 1 saturated heterocycles. The SMILES string of the molecule is O=C(Cn1ccc(C(F)(F)F)n1)N1CCC[C@H](Cc2ccn[nH]2)C1. The highest BCUT2D eigenvalue weighted by molar-refractivity contribution is 5.76. The first kappa shape index (κ1) is 16.5. The quantitative estimate of drug-likeness (QED) is 0.926. The van der Waals surface area contributed by atoms with E-state index in [-0.39, 0.29) is 12.5 Å². The number of likely N-dealkylation sites (tertiary alicyclic amines) is 1. The number of alkyl halides is 3. The molecule has 6 nitrogen and oxygen atoms in total. The molecule has 3 heterocycles. The number of nitrogens with zero attached hydrogens (tertiary/aromatic N) is 4. The Hall–Kier alpha value is -2.32. The van der Waals surface area contributed by atoms with Gasteiger partial charge in [-0.05, 0) is 37.3 Å². The molecule has 1 aliphatic rings. The monoisotopic (exact) mass is 341 g/mol. The van der Waals surface area contributed by atoms with Crippen molar-refractivity contribution in [3.8, 4) is 0 Å². The average Bonchev–Trinajstić information content (AvgIpc) is 3.18. The van der Waals surface area contributed by atoms with Crippen LogP contribution in [0.2, 0.25) is 0 Å². The lowest BCUT2D eigenvalue weighted by molar-refractivity contribution is -0.142. The number of rotatable bonds is 4. The maximum absolute atomic E-state index is 12.5. The summed E-state index contributed by atoms with van der Waals surface area (Å²) in [6.07, 6.45) is 1.10. The van der Waals surface area contributed by atoms with E-state index in [0.29, 0.717) is 19.0 Å². The lowest BCUT2D eigenvalue weighted by Gasteiger charge is -2.32. The van der Waals surface area contributed by atoms with Crippen molar-refractivity contribution in [2.75, 3.05) is 13.1 Å². The van der Waals surface area contributed by atoms with Gasteiger partial charge in [-0.3, -0.25) is 14.6 Å². The van der Waals surface area contributed by atoms with Crippen LogP contribution in [0.4, 0.5) is 13.2 Å². The summed E-state index contributed by atoms with van der Waals surface area (Å²) in [5.74, 6) is 0.118. The summed E-state index contributed by atoms with van der Waals surface area (Å²) < 4.78 is 38.7. The molecule has 1 atom stereocenters. The summed E-state index contributed by atoms with van der Waals surface area (Å²) >= 11 is 0. The Bertz CT molecular complexity index is 680. The molecular formula is C15H18F3N5O. The van der Waals surface area contributed by atoms with Crippen LogP contribution in [-0.2, 0) is 23.9 Å². The number of nitrogens with one attached hydrogen (secondary N) is 1. The van der Waals surface area contributed by atoms with E-state index in [4.69, 9.17) is 0 Å². The van der Waals surface area contributed by atoms with E-state index < -0.39 is 11.9 Å². The Labute approximate surface area is 136 Å². The fraction of sp³-hybridized carbons (Fsp3) is 0.533. The zero-order chi connectivity index (χ0) is 17.2. The van der Waals surface area contributed by atoms with Gasteiger partial charge in [0.15, 0.2) is 5.69 Å². The van der Waals surface area contributed by atoms with Crippen molar-refractivity contribution >= 4 is 5.91 Å². The Morgan fingerprint density at radius 1 is 1.38 bits per heavy atom. The van der Waals surface area contributed by atoms with E-state index in [0.717, 1.165) is 35.7 Å². The minimum Gasteiger partial charge on any atom is -0.341 e. The van der Waals surface area contributed by atoms with Gasteiger partial charge in [0.1, 0.15) is 6.54 Å². The molecule has 0 unspecified atom stereocenters. The van der Waals surface area contributed by atoms with Gasteiger partial charge in [0.05, 0.1) is 0 Å². The summed E-state index contributed by atoms with van der Waals surface area (Å²) in [6, 6.07) is 2.79. The van der Waals surface area contributed by atoms with E-state index in [1.807, 2.05) is 6.07 Å². The predicted molar refractivity (Wildman–Crippen MR) is 78.8 cm³/mol. The Kier molecular flexibility index (Phi) is 4.59.